The smallest absolute Gasteiger partial charge is 0.317 e. The lowest BCUT2D eigenvalue weighted by Crippen LogP contribution is -2.47. The van der Waals surface area contributed by atoms with Crippen molar-refractivity contribution in [2.75, 3.05) is 33.7 Å². The molecule has 1 heterocycles. The van der Waals surface area contributed by atoms with Crippen LogP contribution in [0.15, 0.2) is 12.2 Å². The van der Waals surface area contributed by atoms with Crippen LogP contribution < -0.4 is 5.32 Å². The number of carbonyl (C=O) groups excluding carboxylic acids is 1. The quantitative estimate of drug-likeness (QED) is 0.785. The van der Waals surface area contributed by atoms with Crippen LogP contribution in [0.25, 0.3) is 0 Å². The molecule has 0 radical (unpaired) electrons. The monoisotopic (exact) mass is 279 g/mol. The van der Waals surface area contributed by atoms with E-state index in [1.54, 1.807) is 0 Å². The zero-order valence-electron chi connectivity index (χ0n) is 13.0. The second-order valence-electron chi connectivity index (χ2n) is 6.47. The Morgan fingerprint density at radius 2 is 1.90 bits per heavy atom. The molecule has 4 nitrogen and oxygen atoms in total. The second kappa shape index (κ2) is 7.67. The Bertz CT molecular complexity index is 325. The van der Waals surface area contributed by atoms with Crippen LogP contribution in [0.4, 0.5) is 4.79 Å². The summed E-state index contributed by atoms with van der Waals surface area (Å²) < 4.78 is 0. The Hall–Kier alpha value is -1.03. The summed E-state index contributed by atoms with van der Waals surface area (Å²) in [7, 11) is 4.26. The molecular weight excluding hydrogens is 250 g/mol. The first-order valence-electron chi connectivity index (χ1n) is 8.00. The number of likely N-dealkylation sites (tertiary alicyclic amines) is 1. The predicted molar refractivity (Wildman–Crippen MR) is 82.8 cm³/mol. The van der Waals surface area contributed by atoms with E-state index in [0.29, 0.717) is 6.04 Å². The van der Waals surface area contributed by atoms with Crippen molar-refractivity contribution < 1.29 is 4.79 Å². The number of nitrogens with zero attached hydrogens (tertiary/aromatic N) is 2. The van der Waals surface area contributed by atoms with Crippen LogP contribution in [0.2, 0.25) is 0 Å². The molecule has 2 aliphatic rings. The molecule has 0 saturated carbocycles. The van der Waals surface area contributed by atoms with Crippen LogP contribution in [-0.2, 0) is 0 Å². The minimum Gasteiger partial charge on any atom is -0.335 e. The van der Waals surface area contributed by atoms with Gasteiger partial charge in [-0.3, -0.25) is 0 Å². The number of hydrogen-bond donors (Lipinski definition) is 1. The van der Waals surface area contributed by atoms with Gasteiger partial charge in [-0.1, -0.05) is 12.2 Å². The highest BCUT2D eigenvalue weighted by Gasteiger charge is 2.24. The lowest BCUT2D eigenvalue weighted by Gasteiger charge is -2.33. The van der Waals surface area contributed by atoms with E-state index in [1.807, 2.05) is 4.90 Å². The molecular formula is C16H29N3O. The lowest BCUT2D eigenvalue weighted by atomic mass is 9.92. The fourth-order valence-electron chi connectivity index (χ4n) is 3.12. The van der Waals surface area contributed by atoms with Gasteiger partial charge < -0.3 is 15.1 Å². The van der Waals surface area contributed by atoms with E-state index in [9.17, 15) is 4.79 Å². The number of urea groups is 1. The Morgan fingerprint density at radius 3 is 2.50 bits per heavy atom. The Kier molecular flexibility index (Phi) is 5.89. The molecule has 1 aliphatic heterocycles. The summed E-state index contributed by atoms with van der Waals surface area (Å²) in [6.45, 7) is 3.03. The number of carbonyl (C=O) groups is 1. The molecule has 1 N–H and O–H groups in total. The van der Waals surface area contributed by atoms with E-state index in [-0.39, 0.29) is 6.03 Å². The van der Waals surface area contributed by atoms with E-state index >= 15 is 0 Å². The van der Waals surface area contributed by atoms with E-state index in [4.69, 9.17) is 0 Å². The summed E-state index contributed by atoms with van der Waals surface area (Å²) in [6, 6.07) is 0.478. The maximum Gasteiger partial charge on any atom is 0.317 e. The number of nitrogens with one attached hydrogen (secondary N) is 1. The maximum atomic E-state index is 12.1. The molecule has 1 saturated heterocycles. The van der Waals surface area contributed by atoms with Crippen LogP contribution in [0.5, 0.6) is 0 Å². The van der Waals surface area contributed by atoms with Gasteiger partial charge in [-0.15, -0.1) is 0 Å². The van der Waals surface area contributed by atoms with Gasteiger partial charge in [0.05, 0.1) is 0 Å². The average Bonchev–Trinajstić information content (AvgIpc) is 2.92. The second-order valence-corrected chi connectivity index (χ2v) is 6.47. The highest BCUT2D eigenvalue weighted by Crippen LogP contribution is 2.22. The van der Waals surface area contributed by atoms with Crippen molar-refractivity contribution in [3.8, 4) is 0 Å². The van der Waals surface area contributed by atoms with Crippen LogP contribution in [0, 0.1) is 5.92 Å². The molecule has 4 heteroatoms. The van der Waals surface area contributed by atoms with Crippen molar-refractivity contribution in [2.45, 2.75) is 44.6 Å². The molecule has 0 unspecified atom stereocenters. The van der Waals surface area contributed by atoms with Crippen molar-refractivity contribution in [1.29, 1.82) is 0 Å². The van der Waals surface area contributed by atoms with Crippen molar-refractivity contribution in [3.63, 3.8) is 0 Å². The van der Waals surface area contributed by atoms with Crippen molar-refractivity contribution in [1.82, 2.24) is 15.1 Å². The molecule has 20 heavy (non-hydrogen) atoms. The summed E-state index contributed by atoms with van der Waals surface area (Å²) in [6.07, 6.45) is 11.2. The third kappa shape index (κ3) is 4.82. The maximum absolute atomic E-state index is 12.1. The van der Waals surface area contributed by atoms with Crippen LogP contribution in [0.1, 0.15) is 38.5 Å². The summed E-state index contributed by atoms with van der Waals surface area (Å²) in [5, 5.41) is 3.14. The normalized spacial score (nSPS) is 20.9. The summed E-state index contributed by atoms with van der Waals surface area (Å²) >= 11 is 0. The Labute approximate surface area is 123 Å². The minimum absolute atomic E-state index is 0.144. The molecule has 2 rings (SSSR count). The number of rotatable bonds is 5. The van der Waals surface area contributed by atoms with Crippen LogP contribution in [0.3, 0.4) is 0 Å². The topological polar surface area (TPSA) is 35.6 Å². The Morgan fingerprint density at radius 1 is 1.25 bits per heavy atom. The van der Waals surface area contributed by atoms with Crippen LogP contribution >= 0.6 is 0 Å². The van der Waals surface area contributed by atoms with Gasteiger partial charge in [0.25, 0.3) is 0 Å². The van der Waals surface area contributed by atoms with Crippen LogP contribution in [-0.4, -0.2) is 55.6 Å². The van der Waals surface area contributed by atoms with Gasteiger partial charge in [0.1, 0.15) is 0 Å². The summed E-state index contributed by atoms with van der Waals surface area (Å²) in [5.41, 5.74) is 0. The van der Waals surface area contributed by atoms with E-state index in [1.165, 1.54) is 32.2 Å². The first-order valence-corrected chi connectivity index (χ1v) is 8.00. The third-order valence-electron chi connectivity index (χ3n) is 4.45. The molecule has 1 aliphatic carbocycles. The zero-order chi connectivity index (χ0) is 14.4. The molecule has 0 spiro atoms. The molecule has 0 bridgehead atoms. The van der Waals surface area contributed by atoms with Gasteiger partial charge >= 0.3 is 6.03 Å². The van der Waals surface area contributed by atoms with Gasteiger partial charge in [0.2, 0.25) is 0 Å². The predicted octanol–water partition coefficient (Wildman–Crippen LogP) is 2.47. The average molecular weight is 279 g/mol. The first kappa shape index (κ1) is 15.4. The lowest BCUT2D eigenvalue weighted by molar-refractivity contribution is 0.163. The summed E-state index contributed by atoms with van der Waals surface area (Å²) in [5.74, 6) is 0.812. The molecule has 0 atom stereocenters. The largest absolute Gasteiger partial charge is 0.335 e. The van der Waals surface area contributed by atoms with Crippen molar-refractivity contribution >= 4 is 6.03 Å². The number of piperidine rings is 1. The molecule has 1 fully saturated rings. The van der Waals surface area contributed by atoms with E-state index < -0.39 is 0 Å². The first-order chi connectivity index (χ1) is 9.65. The fourth-order valence-corrected chi connectivity index (χ4v) is 3.12. The molecule has 2 amide bonds. The third-order valence-corrected chi connectivity index (χ3v) is 4.45. The molecule has 0 aromatic heterocycles. The Balaban J connectivity index is 1.62. The number of hydrogen-bond acceptors (Lipinski definition) is 2. The van der Waals surface area contributed by atoms with Gasteiger partial charge in [-0.2, -0.15) is 0 Å². The number of amides is 2. The van der Waals surface area contributed by atoms with Crippen molar-refractivity contribution in [3.05, 3.63) is 12.2 Å². The van der Waals surface area contributed by atoms with Gasteiger partial charge in [-0.05, 0) is 65.1 Å². The highest BCUT2D eigenvalue weighted by atomic mass is 16.2. The standard InChI is InChI=1S/C16H29N3O/c1-18(2)11-5-6-14-9-12-19(13-10-14)16(20)17-15-7-3-4-8-15/h3-4,14-15H,5-13H2,1-2H3,(H,17,20). The van der Waals surface area contributed by atoms with Gasteiger partial charge in [0, 0.05) is 19.1 Å². The van der Waals surface area contributed by atoms with E-state index in [0.717, 1.165) is 31.8 Å². The SMILES string of the molecule is CN(C)CCCC1CCN(C(=O)NC2CC=CC2)CC1. The molecule has 114 valence electrons. The van der Waals surface area contributed by atoms with E-state index in [2.05, 4.69) is 36.5 Å². The molecule has 0 aromatic carbocycles. The van der Waals surface area contributed by atoms with Gasteiger partial charge in [0.15, 0.2) is 0 Å². The molecule has 0 aromatic rings. The highest BCUT2D eigenvalue weighted by molar-refractivity contribution is 5.74. The fraction of sp³-hybridized carbons (Fsp3) is 0.812. The summed E-state index contributed by atoms with van der Waals surface area (Å²) in [4.78, 5) is 16.4. The van der Waals surface area contributed by atoms with Crippen molar-refractivity contribution in [2.24, 2.45) is 5.92 Å². The van der Waals surface area contributed by atoms with Gasteiger partial charge in [-0.25, -0.2) is 4.79 Å². The zero-order valence-corrected chi connectivity index (χ0v) is 13.0. The minimum atomic E-state index is 0.144.